The van der Waals surface area contributed by atoms with Crippen LogP contribution in [0.2, 0.25) is 0 Å². The fourth-order valence-electron chi connectivity index (χ4n) is 1.72. The number of carbonyl (C=O) groups is 1. The van der Waals surface area contributed by atoms with Crippen LogP contribution >= 0.6 is 0 Å². The molecule has 0 aliphatic rings. The number of hydrogen-bond acceptors (Lipinski definition) is 6. The van der Waals surface area contributed by atoms with Gasteiger partial charge in [0.05, 0.1) is 18.6 Å². The lowest BCUT2D eigenvalue weighted by Crippen LogP contribution is -2.36. The van der Waals surface area contributed by atoms with Crippen LogP contribution in [0.4, 0.5) is 5.69 Å². The third-order valence-corrected chi connectivity index (χ3v) is 2.87. The zero-order valence-corrected chi connectivity index (χ0v) is 11.7. The molecule has 0 amide bonds. The monoisotopic (exact) mass is 282 g/mol. The normalized spacial score (nSPS) is 11.8. The molecule has 0 aliphatic carbocycles. The molecule has 110 valence electrons. The fourth-order valence-corrected chi connectivity index (χ4v) is 1.72. The van der Waals surface area contributed by atoms with Crippen molar-refractivity contribution in [1.82, 2.24) is 5.32 Å². The van der Waals surface area contributed by atoms with Gasteiger partial charge >= 0.3 is 5.97 Å². The van der Waals surface area contributed by atoms with Crippen molar-refractivity contribution in [2.45, 2.75) is 19.4 Å². The number of ether oxygens (including phenoxy) is 2. The van der Waals surface area contributed by atoms with E-state index in [-0.39, 0.29) is 11.7 Å². The molecule has 7 nitrogen and oxygen atoms in total. The first kappa shape index (κ1) is 15.9. The summed E-state index contributed by atoms with van der Waals surface area (Å²) < 4.78 is 10.2. The second-order valence-electron chi connectivity index (χ2n) is 4.21. The van der Waals surface area contributed by atoms with E-state index in [1.807, 2.05) is 0 Å². The molecule has 1 N–H and O–H groups in total. The average molecular weight is 282 g/mol. The number of nitro benzene ring substituents is 1. The van der Waals surface area contributed by atoms with Crippen molar-refractivity contribution in [3.63, 3.8) is 0 Å². The van der Waals surface area contributed by atoms with Gasteiger partial charge in [0.1, 0.15) is 11.8 Å². The third-order valence-electron chi connectivity index (χ3n) is 2.87. The van der Waals surface area contributed by atoms with Crippen LogP contribution in [0.25, 0.3) is 0 Å². The first-order valence-corrected chi connectivity index (χ1v) is 6.12. The quantitative estimate of drug-likeness (QED) is 0.462. The maximum atomic E-state index is 11.4. The van der Waals surface area contributed by atoms with E-state index in [1.54, 1.807) is 20.0 Å². The zero-order valence-electron chi connectivity index (χ0n) is 11.7. The molecule has 0 fully saturated rings. The number of likely N-dealkylation sites (N-methyl/N-ethyl adjacent to an activating group) is 1. The maximum Gasteiger partial charge on any atom is 0.322 e. The van der Waals surface area contributed by atoms with Crippen LogP contribution in [0, 0.1) is 17.0 Å². The minimum atomic E-state index is -0.453. The zero-order chi connectivity index (χ0) is 15.1. The molecule has 1 atom stereocenters. The van der Waals surface area contributed by atoms with E-state index in [1.165, 1.54) is 19.2 Å². The molecule has 0 saturated carbocycles. The predicted molar refractivity (Wildman–Crippen MR) is 72.8 cm³/mol. The number of rotatable bonds is 7. The highest BCUT2D eigenvalue weighted by Gasteiger charge is 2.17. The molecule has 0 bridgehead atoms. The van der Waals surface area contributed by atoms with Gasteiger partial charge in [-0.3, -0.25) is 14.9 Å². The molecule has 1 unspecified atom stereocenters. The molecule has 0 saturated heterocycles. The summed E-state index contributed by atoms with van der Waals surface area (Å²) >= 11 is 0. The number of methoxy groups -OCH3 is 1. The molecule has 0 spiro atoms. The van der Waals surface area contributed by atoms with E-state index >= 15 is 0 Å². The Morgan fingerprint density at radius 3 is 2.70 bits per heavy atom. The summed E-state index contributed by atoms with van der Waals surface area (Å²) in [6, 6.07) is 3.96. The molecule has 0 aliphatic heterocycles. The summed E-state index contributed by atoms with van der Waals surface area (Å²) in [5, 5.41) is 13.5. The van der Waals surface area contributed by atoms with Crippen molar-refractivity contribution < 1.29 is 19.2 Å². The number of esters is 1. The van der Waals surface area contributed by atoms with Gasteiger partial charge in [-0.2, -0.15) is 0 Å². The van der Waals surface area contributed by atoms with Crippen LogP contribution in [-0.2, 0) is 9.53 Å². The number of carbonyl (C=O) groups excluding carboxylic acids is 1. The Kier molecular flexibility index (Phi) is 5.92. The molecular formula is C13H18N2O5. The SMILES string of the molecule is CNC(CCOc1ccc([N+](=O)[O-])cc1C)C(=O)OC. The van der Waals surface area contributed by atoms with Crippen LogP contribution < -0.4 is 10.1 Å². The molecule has 1 rings (SSSR count). The van der Waals surface area contributed by atoms with Gasteiger partial charge in [-0.1, -0.05) is 0 Å². The van der Waals surface area contributed by atoms with Crippen LogP contribution in [-0.4, -0.2) is 37.7 Å². The summed E-state index contributed by atoms with van der Waals surface area (Å²) in [6.07, 6.45) is 0.444. The van der Waals surface area contributed by atoms with Crippen molar-refractivity contribution in [3.05, 3.63) is 33.9 Å². The molecule has 1 aromatic rings. The number of non-ortho nitro benzene ring substituents is 1. The van der Waals surface area contributed by atoms with E-state index in [0.717, 1.165) is 0 Å². The first-order valence-electron chi connectivity index (χ1n) is 6.12. The minimum Gasteiger partial charge on any atom is -0.493 e. The third kappa shape index (κ3) is 4.20. The maximum absolute atomic E-state index is 11.4. The lowest BCUT2D eigenvalue weighted by Gasteiger charge is -2.14. The minimum absolute atomic E-state index is 0.0255. The standard InChI is InChI=1S/C13H18N2O5/c1-9-8-10(15(17)18)4-5-12(9)20-7-6-11(14-2)13(16)19-3/h4-5,8,11,14H,6-7H2,1-3H3. The predicted octanol–water partition coefficient (Wildman–Crippen LogP) is 1.43. The summed E-state index contributed by atoms with van der Waals surface area (Å²) in [6.45, 7) is 2.04. The molecular weight excluding hydrogens is 264 g/mol. The molecule has 0 heterocycles. The van der Waals surface area contributed by atoms with Gasteiger partial charge in [0, 0.05) is 18.6 Å². The number of nitrogens with one attached hydrogen (secondary N) is 1. The van der Waals surface area contributed by atoms with Gasteiger partial charge in [0.15, 0.2) is 0 Å². The van der Waals surface area contributed by atoms with Crippen LogP contribution in [0.15, 0.2) is 18.2 Å². The van der Waals surface area contributed by atoms with Crippen molar-refractivity contribution in [2.75, 3.05) is 20.8 Å². The van der Waals surface area contributed by atoms with Gasteiger partial charge in [-0.05, 0) is 25.6 Å². The van der Waals surface area contributed by atoms with E-state index in [2.05, 4.69) is 10.1 Å². The molecule has 0 aromatic heterocycles. The highest BCUT2D eigenvalue weighted by molar-refractivity contribution is 5.75. The van der Waals surface area contributed by atoms with E-state index in [4.69, 9.17) is 4.74 Å². The van der Waals surface area contributed by atoms with Crippen molar-refractivity contribution >= 4 is 11.7 Å². The second-order valence-corrected chi connectivity index (χ2v) is 4.21. The van der Waals surface area contributed by atoms with E-state index in [9.17, 15) is 14.9 Å². The van der Waals surface area contributed by atoms with E-state index < -0.39 is 11.0 Å². The van der Waals surface area contributed by atoms with E-state index in [0.29, 0.717) is 24.3 Å². The molecule has 1 aromatic carbocycles. The molecule has 20 heavy (non-hydrogen) atoms. The van der Waals surface area contributed by atoms with Gasteiger partial charge in [0.25, 0.3) is 5.69 Å². The van der Waals surface area contributed by atoms with Gasteiger partial charge in [0.2, 0.25) is 0 Å². The lowest BCUT2D eigenvalue weighted by molar-refractivity contribution is -0.384. The Bertz CT molecular complexity index is 490. The largest absolute Gasteiger partial charge is 0.493 e. The van der Waals surface area contributed by atoms with Crippen molar-refractivity contribution in [1.29, 1.82) is 0 Å². The van der Waals surface area contributed by atoms with Crippen LogP contribution in [0.1, 0.15) is 12.0 Å². The highest BCUT2D eigenvalue weighted by Crippen LogP contribution is 2.23. The Morgan fingerprint density at radius 2 is 2.20 bits per heavy atom. The topological polar surface area (TPSA) is 90.7 Å². The van der Waals surface area contributed by atoms with Crippen LogP contribution in [0.3, 0.4) is 0 Å². The Hall–Kier alpha value is -2.15. The number of nitro groups is 1. The fraction of sp³-hybridized carbons (Fsp3) is 0.462. The summed E-state index contributed by atoms with van der Waals surface area (Å²) in [7, 11) is 2.99. The molecule has 7 heteroatoms. The van der Waals surface area contributed by atoms with Gasteiger partial charge in [-0.15, -0.1) is 0 Å². The Balaban J connectivity index is 2.58. The second kappa shape index (κ2) is 7.44. The highest BCUT2D eigenvalue weighted by atomic mass is 16.6. The molecule has 0 radical (unpaired) electrons. The van der Waals surface area contributed by atoms with Crippen LogP contribution in [0.5, 0.6) is 5.75 Å². The summed E-state index contributed by atoms with van der Waals surface area (Å²) in [5.41, 5.74) is 0.704. The van der Waals surface area contributed by atoms with Gasteiger partial charge < -0.3 is 14.8 Å². The summed E-state index contributed by atoms with van der Waals surface area (Å²) in [5.74, 6) is 0.215. The average Bonchev–Trinajstić information content (AvgIpc) is 2.44. The lowest BCUT2D eigenvalue weighted by atomic mass is 10.2. The Labute approximate surface area is 117 Å². The number of benzene rings is 1. The van der Waals surface area contributed by atoms with Crippen molar-refractivity contribution in [3.8, 4) is 5.75 Å². The smallest absolute Gasteiger partial charge is 0.322 e. The first-order chi connectivity index (χ1) is 9.49. The summed E-state index contributed by atoms with van der Waals surface area (Å²) in [4.78, 5) is 21.5. The number of nitrogens with zero attached hydrogens (tertiary/aromatic N) is 1. The van der Waals surface area contributed by atoms with Gasteiger partial charge in [-0.25, -0.2) is 0 Å². The van der Waals surface area contributed by atoms with Crippen molar-refractivity contribution in [2.24, 2.45) is 0 Å². The number of hydrogen-bond donors (Lipinski definition) is 1. The number of aryl methyl sites for hydroxylation is 1. The Morgan fingerprint density at radius 1 is 1.50 bits per heavy atom.